The molecule has 0 saturated heterocycles. The van der Waals surface area contributed by atoms with E-state index < -0.39 is 0 Å². The van der Waals surface area contributed by atoms with Crippen LogP contribution < -0.4 is 5.31 Å². The molecule has 32 valence electrons. The van der Waals surface area contributed by atoms with Crippen molar-refractivity contribution < 1.29 is 1.41 Å². The van der Waals surface area contributed by atoms with Crippen LogP contribution in [-0.2, 0) is 0 Å². The van der Waals surface area contributed by atoms with E-state index in [0.717, 1.165) is 13.1 Å². The Morgan fingerprint density at radius 2 is 2.00 bits per heavy atom. The van der Waals surface area contributed by atoms with Gasteiger partial charge in [0.25, 0.3) is 0 Å². The van der Waals surface area contributed by atoms with Gasteiger partial charge in [0, 0.05) is 0 Å². The molecule has 0 saturated carbocycles. The first-order chi connectivity index (χ1) is 2.81. The van der Waals surface area contributed by atoms with Crippen LogP contribution in [0.2, 0.25) is 1.41 Å². The van der Waals surface area contributed by atoms with E-state index >= 15 is 0 Å². The lowest BCUT2D eigenvalue weighted by molar-refractivity contribution is 0.762. The third-order valence-corrected chi connectivity index (χ3v) is 0.447. The van der Waals surface area contributed by atoms with E-state index in [9.17, 15) is 0 Å². The molecule has 0 rings (SSSR count). The molecule has 0 heterocycles. The second kappa shape index (κ2) is 3.96. The molecule has 0 aliphatic rings. The maximum absolute atomic E-state index is 6.90. The Kier molecular flexibility index (Phi) is 2.50. The summed E-state index contributed by atoms with van der Waals surface area (Å²) in [6.07, 6.45) is 0. The highest BCUT2D eigenvalue weighted by Gasteiger charge is 1.62. The summed E-state index contributed by atoms with van der Waals surface area (Å²) in [6.45, 7) is 5.60. The topological polar surface area (TPSA) is 12.0 Å². The van der Waals surface area contributed by atoms with Gasteiger partial charge >= 0.3 is 0 Å². The quantitative estimate of drug-likeness (QED) is 0.507. The monoisotopic (exact) mass is 75.1 g/mol. The minimum absolute atomic E-state index is 0.830. The Balaban J connectivity index is 2.75. The zero-order valence-electron chi connectivity index (χ0n) is 4.86. The predicted molar refractivity (Wildman–Crippen MR) is 24.2 cm³/mol. The molecular formula is C4H11N. The van der Waals surface area contributed by atoms with Gasteiger partial charge in [0.05, 0.1) is 0 Å². The Bertz CT molecular complexity index is 26.7. The van der Waals surface area contributed by atoms with Gasteiger partial charge in [-0.1, -0.05) is 13.8 Å². The van der Waals surface area contributed by atoms with Crippen LogP contribution in [0.4, 0.5) is 0 Å². The van der Waals surface area contributed by atoms with Crippen LogP contribution in [0.25, 0.3) is 0 Å². The van der Waals surface area contributed by atoms with Crippen molar-refractivity contribution in [3.63, 3.8) is 0 Å². The third kappa shape index (κ3) is 3.96. The fraction of sp³-hybridized carbons (Fsp3) is 1.00. The molecule has 0 unspecified atom stereocenters. The highest BCUT2D eigenvalue weighted by atomic mass is 14.8. The molecule has 1 heteroatoms. The molecule has 0 bridgehead atoms. The van der Waals surface area contributed by atoms with E-state index in [0.29, 0.717) is 0 Å². The summed E-state index contributed by atoms with van der Waals surface area (Å²) in [5.41, 5.74) is 0. The summed E-state index contributed by atoms with van der Waals surface area (Å²) >= 11 is 0. The van der Waals surface area contributed by atoms with Gasteiger partial charge in [0.15, 0.2) is 0 Å². The van der Waals surface area contributed by atoms with Crippen molar-refractivity contribution in [3.8, 4) is 0 Å². The van der Waals surface area contributed by atoms with Gasteiger partial charge in [0.1, 0.15) is 1.41 Å². The van der Waals surface area contributed by atoms with Crippen molar-refractivity contribution in [1.82, 2.24) is 5.31 Å². The second-order valence-corrected chi connectivity index (χ2v) is 0.856. The molecule has 1 nitrogen and oxygen atoms in total. The largest absolute Gasteiger partial charge is 0.317 e. The molecule has 0 amide bonds. The second-order valence-electron chi connectivity index (χ2n) is 0.856. The van der Waals surface area contributed by atoms with Crippen molar-refractivity contribution in [1.29, 1.82) is 0 Å². The smallest absolute Gasteiger partial charge is 0.122 e. The van der Waals surface area contributed by atoms with Crippen LogP contribution in [0.5, 0.6) is 0 Å². The lowest BCUT2D eigenvalue weighted by atomic mass is 10.7. The first kappa shape index (κ1) is 3.16. The van der Waals surface area contributed by atoms with Gasteiger partial charge in [-0.3, -0.25) is 0 Å². The zero-order valence-corrected chi connectivity index (χ0v) is 3.86. The molecule has 0 aromatic heterocycles. The Hall–Kier alpha value is -0.0400. The number of nitrogens with one attached hydrogen (secondary N) is 1. The normalized spacial score (nSPS) is 12.2. The lowest BCUT2D eigenvalue weighted by Gasteiger charge is -1.86. The highest BCUT2D eigenvalue weighted by molar-refractivity contribution is 4.27. The van der Waals surface area contributed by atoms with Crippen molar-refractivity contribution in [3.05, 3.63) is 0 Å². The molecule has 1 N–H and O–H groups in total. The maximum Gasteiger partial charge on any atom is 0.122 e. The van der Waals surface area contributed by atoms with Crippen molar-refractivity contribution in [2.75, 3.05) is 13.1 Å². The van der Waals surface area contributed by atoms with Crippen LogP contribution in [-0.4, -0.2) is 13.1 Å². The van der Waals surface area contributed by atoms with E-state index in [-0.39, 0.29) is 0 Å². The highest BCUT2D eigenvalue weighted by Crippen LogP contribution is 1.47. The summed E-state index contributed by atoms with van der Waals surface area (Å²) in [5.74, 6) is 0. The number of rotatable bonds is 2. The van der Waals surface area contributed by atoms with Gasteiger partial charge in [-0.25, -0.2) is 0 Å². The van der Waals surface area contributed by atoms with E-state index in [2.05, 4.69) is 0 Å². The molecule has 0 aliphatic heterocycles. The first-order valence-electron chi connectivity index (χ1n) is 2.49. The van der Waals surface area contributed by atoms with Crippen LogP contribution in [0, 0.1) is 0 Å². The van der Waals surface area contributed by atoms with Gasteiger partial charge in [0.2, 0.25) is 0 Å². The summed E-state index contributed by atoms with van der Waals surface area (Å²) in [6, 6.07) is 0. The molecule has 0 spiro atoms. The van der Waals surface area contributed by atoms with Crippen molar-refractivity contribution >= 4 is 0 Å². The fourth-order valence-electron chi connectivity index (χ4n) is 0.224. The molecule has 0 atom stereocenters. The number of hydrogen-bond acceptors (Lipinski definition) is 1. The summed E-state index contributed by atoms with van der Waals surface area (Å²) in [5, 5.41) is 1.50. The zero-order chi connectivity index (χ0) is 4.99. The van der Waals surface area contributed by atoms with E-state index in [4.69, 9.17) is 1.41 Å². The summed E-state index contributed by atoms with van der Waals surface area (Å²) in [7, 11) is 0. The van der Waals surface area contributed by atoms with Crippen LogP contribution in [0.15, 0.2) is 0 Å². The minimum Gasteiger partial charge on any atom is -0.317 e. The van der Waals surface area contributed by atoms with Gasteiger partial charge < -0.3 is 5.31 Å². The van der Waals surface area contributed by atoms with Crippen LogP contribution in [0.1, 0.15) is 13.8 Å². The Labute approximate surface area is 34.8 Å². The Morgan fingerprint density at radius 3 is 2.00 bits per heavy atom. The van der Waals surface area contributed by atoms with Crippen LogP contribution in [0.3, 0.4) is 0 Å². The summed E-state index contributed by atoms with van der Waals surface area (Å²) < 4.78 is 6.90. The maximum atomic E-state index is 6.90. The standard InChI is InChI=1S/C4H11N/c1-3-5-4-2/h5H,3-4H2,1-2H3/i/hT. The van der Waals surface area contributed by atoms with Crippen LogP contribution >= 0.6 is 0 Å². The van der Waals surface area contributed by atoms with E-state index in [1.165, 1.54) is 5.31 Å². The van der Waals surface area contributed by atoms with Crippen molar-refractivity contribution in [2.45, 2.75) is 13.8 Å². The van der Waals surface area contributed by atoms with Gasteiger partial charge in [-0.2, -0.15) is 0 Å². The first-order valence-corrected chi connectivity index (χ1v) is 2.05. The van der Waals surface area contributed by atoms with Gasteiger partial charge in [-0.15, -0.1) is 0 Å². The molecule has 0 fully saturated rings. The average Bonchev–Trinajstić information content (AvgIpc) is 1.65. The molecule has 0 aliphatic carbocycles. The minimum atomic E-state index is 0.830. The molecular weight excluding hydrogens is 62.1 g/mol. The van der Waals surface area contributed by atoms with Gasteiger partial charge in [-0.05, 0) is 13.1 Å². The SMILES string of the molecule is [3H]N(CC)CC. The third-order valence-electron chi connectivity index (χ3n) is 0.447. The fourth-order valence-corrected chi connectivity index (χ4v) is 0.224. The summed E-state index contributed by atoms with van der Waals surface area (Å²) in [4.78, 5) is 0. The average molecular weight is 75.1 g/mol. The predicted octanol–water partition coefficient (Wildman–Crippen LogP) is 0.616. The molecule has 5 heavy (non-hydrogen) atoms. The van der Waals surface area contributed by atoms with E-state index in [1.54, 1.807) is 0 Å². The van der Waals surface area contributed by atoms with E-state index in [1.807, 2.05) is 13.8 Å². The molecule has 0 aromatic carbocycles. The lowest BCUT2D eigenvalue weighted by Crippen LogP contribution is -2.09. The Morgan fingerprint density at radius 1 is 1.60 bits per heavy atom. The van der Waals surface area contributed by atoms with Crippen molar-refractivity contribution in [2.24, 2.45) is 0 Å². The molecule has 0 aromatic rings. The molecule has 0 radical (unpaired) electrons. The number of hydrogen-bond donors (Lipinski definition) is 1.